The third-order valence-corrected chi connectivity index (χ3v) is 2.75. The molecular formula is C9H12N5O4+. The lowest BCUT2D eigenvalue weighted by Crippen LogP contribution is -2.31. The third kappa shape index (κ3) is 2.28. The largest absolute Gasteiger partial charge is 0.394 e. The molecule has 1 fully saturated rings. The van der Waals surface area contributed by atoms with Crippen LogP contribution in [0.1, 0.15) is 12.6 Å². The smallest absolute Gasteiger partial charge is 0.330 e. The van der Waals surface area contributed by atoms with E-state index in [1.54, 1.807) is 0 Å². The number of hydrogen-bond donors (Lipinski definition) is 3. The average molecular weight is 254 g/mol. The molecule has 9 nitrogen and oxygen atoms in total. The third-order valence-electron chi connectivity index (χ3n) is 2.75. The second-order valence-corrected chi connectivity index (χ2v) is 3.85. The maximum absolute atomic E-state index is 11.6. The highest BCUT2D eigenvalue weighted by molar-refractivity contribution is 4.90. The number of nitrogens with one attached hydrogen (secondary N) is 2. The number of aliphatic hydroxyl groups excluding tert-OH is 1. The van der Waals surface area contributed by atoms with Crippen molar-refractivity contribution in [2.24, 2.45) is 5.11 Å². The fourth-order valence-electron chi connectivity index (χ4n) is 1.90. The predicted molar refractivity (Wildman–Crippen MR) is 58.0 cm³/mol. The Hall–Kier alpha value is -2.09. The summed E-state index contributed by atoms with van der Waals surface area (Å²) in [5.74, 6) is 0. The van der Waals surface area contributed by atoms with E-state index in [1.165, 1.54) is 16.8 Å². The van der Waals surface area contributed by atoms with Gasteiger partial charge in [0.2, 0.25) is 4.91 Å². The molecule has 0 radical (unpaired) electrons. The lowest BCUT2D eigenvalue weighted by molar-refractivity contribution is -0.0273. The number of H-pyrrole nitrogens is 1. The van der Waals surface area contributed by atoms with Crippen LogP contribution in [0.15, 0.2) is 27.0 Å². The molecule has 18 heavy (non-hydrogen) atoms. The Morgan fingerprint density at radius 2 is 2.44 bits per heavy atom. The van der Waals surface area contributed by atoms with Crippen molar-refractivity contribution in [3.63, 3.8) is 0 Å². The number of hydrogen-bond acceptors (Lipinski definition) is 6. The number of rotatable bonds is 3. The van der Waals surface area contributed by atoms with E-state index < -0.39 is 29.6 Å². The predicted octanol–water partition coefficient (Wildman–Crippen LogP) is -1.26. The first-order valence-corrected chi connectivity index (χ1v) is 5.30. The molecule has 3 atom stereocenters. The van der Waals surface area contributed by atoms with Crippen LogP contribution in [0, 0.1) is 5.53 Å². The summed E-state index contributed by atoms with van der Waals surface area (Å²) in [6.45, 7) is -0.279. The van der Waals surface area contributed by atoms with Gasteiger partial charge >= 0.3 is 5.69 Å². The van der Waals surface area contributed by atoms with E-state index in [9.17, 15) is 9.59 Å². The van der Waals surface area contributed by atoms with Crippen LogP contribution in [0.4, 0.5) is 0 Å². The van der Waals surface area contributed by atoms with Crippen LogP contribution < -0.4 is 16.2 Å². The molecule has 2 rings (SSSR count). The van der Waals surface area contributed by atoms with Gasteiger partial charge in [-0.15, -0.1) is 0 Å². The molecule has 0 aromatic carbocycles. The second-order valence-electron chi connectivity index (χ2n) is 3.85. The molecule has 1 saturated heterocycles. The van der Waals surface area contributed by atoms with E-state index in [2.05, 4.69) is 15.0 Å². The zero-order valence-corrected chi connectivity index (χ0v) is 9.31. The normalized spacial score (nSPS) is 26.8. The summed E-state index contributed by atoms with van der Waals surface area (Å²) in [5, 5.41) is 12.7. The van der Waals surface area contributed by atoms with Gasteiger partial charge in [-0.2, -0.15) is 0 Å². The van der Waals surface area contributed by atoms with Crippen LogP contribution in [0.5, 0.6) is 0 Å². The summed E-state index contributed by atoms with van der Waals surface area (Å²) >= 11 is 0. The lowest BCUT2D eigenvalue weighted by atomic mass is 10.1. The minimum atomic E-state index is -0.637. The SMILES string of the molecule is N=[N+]=NC1CC(n2ccc(=O)[nH]c2=O)OC1CO. The van der Waals surface area contributed by atoms with Gasteiger partial charge in [0, 0.05) is 18.7 Å². The summed E-state index contributed by atoms with van der Waals surface area (Å²) in [7, 11) is 0. The summed E-state index contributed by atoms with van der Waals surface area (Å²) in [6, 6.07) is 0.731. The lowest BCUT2D eigenvalue weighted by Gasteiger charge is -2.13. The van der Waals surface area contributed by atoms with Crippen molar-refractivity contribution in [1.29, 1.82) is 5.53 Å². The van der Waals surface area contributed by atoms with Crippen molar-refractivity contribution >= 4 is 0 Å². The summed E-state index contributed by atoms with van der Waals surface area (Å²) in [5.41, 5.74) is 5.60. The van der Waals surface area contributed by atoms with Crippen LogP contribution in [-0.4, -0.2) is 33.4 Å². The highest BCUT2D eigenvalue weighted by atomic mass is 16.5. The molecule has 0 aliphatic carbocycles. The molecule has 1 aliphatic rings. The van der Waals surface area contributed by atoms with Crippen molar-refractivity contribution in [2.75, 3.05) is 6.61 Å². The van der Waals surface area contributed by atoms with E-state index in [-0.39, 0.29) is 6.61 Å². The molecule has 9 heteroatoms. The van der Waals surface area contributed by atoms with Crippen LogP contribution in [0.25, 0.3) is 0 Å². The molecule has 96 valence electrons. The fourth-order valence-corrected chi connectivity index (χ4v) is 1.90. The van der Waals surface area contributed by atoms with E-state index in [4.69, 9.17) is 15.4 Å². The van der Waals surface area contributed by atoms with Crippen molar-refractivity contribution in [2.45, 2.75) is 24.8 Å². The van der Waals surface area contributed by atoms with Crippen LogP contribution >= 0.6 is 0 Å². The Labute approximate surface area is 100 Å². The fraction of sp³-hybridized carbons (Fsp3) is 0.556. The highest BCUT2D eigenvalue weighted by Gasteiger charge is 2.39. The van der Waals surface area contributed by atoms with Gasteiger partial charge in [0.1, 0.15) is 23.0 Å². The molecule has 3 unspecified atom stereocenters. The van der Waals surface area contributed by atoms with Crippen molar-refractivity contribution in [3.05, 3.63) is 33.1 Å². The van der Waals surface area contributed by atoms with Crippen LogP contribution in [0.2, 0.25) is 0 Å². The summed E-state index contributed by atoms with van der Waals surface area (Å²) in [4.78, 5) is 27.5. The van der Waals surface area contributed by atoms with E-state index >= 15 is 0 Å². The number of nitrogens with zero attached hydrogens (tertiary/aromatic N) is 3. The molecule has 0 saturated carbocycles. The Morgan fingerprint density at radius 1 is 1.67 bits per heavy atom. The van der Waals surface area contributed by atoms with Gasteiger partial charge in [-0.1, -0.05) is 0 Å². The number of aliphatic hydroxyl groups is 1. The van der Waals surface area contributed by atoms with Crippen molar-refractivity contribution < 1.29 is 9.84 Å². The Bertz CT molecular complexity index is 587. The maximum atomic E-state index is 11.6. The molecule has 2 heterocycles. The van der Waals surface area contributed by atoms with E-state index in [0.29, 0.717) is 6.42 Å². The number of aromatic amines is 1. The quantitative estimate of drug-likeness (QED) is 0.458. The monoisotopic (exact) mass is 254 g/mol. The standard InChI is InChI=1S/C9H11N5O4/c10-13-12-5-3-8(18-6(5)4-15)14-2-1-7(16)11-9(14)17/h1-2,5-6,8,10,15H,3-4H2/p+1. The van der Waals surface area contributed by atoms with Crippen LogP contribution in [-0.2, 0) is 4.74 Å². The molecule has 0 amide bonds. The van der Waals surface area contributed by atoms with E-state index in [1.807, 2.05) is 0 Å². The van der Waals surface area contributed by atoms with Gasteiger partial charge in [-0.3, -0.25) is 14.3 Å². The van der Waals surface area contributed by atoms with Crippen molar-refractivity contribution in [3.8, 4) is 0 Å². The zero-order chi connectivity index (χ0) is 13.1. The molecule has 0 spiro atoms. The Balaban J connectivity index is 2.28. The van der Waals surface area contributed by atoms with Gasteiger partial charge in [0.25, 0.3) is 5.56 Å². The maximum Gasteiger partial charge on any atom is 0.330 e. The van der Waals surface area contributed by atoms with Gasteiger partial charge < -0.3 is 9.84 Å². The number of ether oxygens (including phenoxy) is 1. The van der Waals surface area contributed by atoms with Gasteiger partial charge in [0.05, 0.1) is 6.61 Å². The highest BCUT2D eigenvalue weighted by Crippen LogP contribution is 2.29. The summed E-state index contributed by atoms with van der Waals surface area (Å²) < 4.78 is 6.65. The molecule has 3 N–H and O–H groups in total. The number of aromatic nitrogens is 2. The minimum Gasteiger partial charge on any atom is -0.394 e. The first kappa shape index (κ1) is 12.4. The molecular weight excluding hydrogens is 242 g/mol. The van der Waals surface area contributed by atoms with Crippen molar-refractivity contribution in [1.82, 2.24) is 14.5 Å². The second kappa shape index (κ2) is 5.05. The molecule has 1 aromatic heterocycles. The van der Waals surface area contributed by atoms with Gasteiger partial charge in [-0.25, -0.2) is 4.79 Å². The van der Waals surface area contributed by atoms with E-state index in [0.717, 1.165) is 0 Å². The van der Waals surface area contributed by atoms with Crippen LogP contribution in [0.3, 0.4) is 0 Å². The van der Waals surface area contributed by atoms with Gasteiger partial charge in [0.15, 0.2) is 6.04 Å². The first-order chi connectivity index (χ1) is 8.65. The first-order valence-electron chi connectivity index (χ1n) is 5.30. The van der Waals surface area contributed by atoms with Gasteiger partial charge in [-0.05, 0) is 0 Å². The summed E-state index contributed by atoms with van der Waals surface area (Å²) in [6.07, 6.45) is 0.380. The Kier molecular flexibility index (Phi) is 3.47. The Morgan fingerprint density at radius 3 is 3.06 bits per heavy atom. The topological polar surface area (TPSA) is 135 Å². The minimum absolute atomic E-state index is 0.279. The molecule has 1 aromatic rings. The zero-order valence-electron chi connectivity index (χ0n) is 9.31. The average Bonchev–Trinajstić information content (AvgIpc) is 2.72. The molecule has 1 aliphatic heterocycles. The molecule has 0 bridgehead atoms.